The highest BCUT2D eigenvalue weighted by Gasteiger charge is 2.22. The number of nitrogens with two attached hydrogens (primary N) is 1. The summed E-state index contributed by atoms with van der Waals surface area (Å²) in [6.07, 6.45) is 0.242. The minimum atomic E-state index is -0.524. The predicted molar refractivity (Wildman–Crippen MR) is 127 cm³/mol. The molecule has 0 aliphatic carbocycles. The van der Waals surface area contributed by atoms with E-state index in [4.69, 9.17) is 17.3 Å². The summed E-state index contributed by atoms with van der Waals surface area (Å²) in [7, 11) is 0. The van der Waals surface area contributed by atoms with Crippen LogP contribution in [0, 0.1) is 0 Å². The Hall–Kier alpha value is -3.70. The van der Waals surface area contributed by atoms with Crippen LogP contribution in [0.4, 0.5) is 0 Å². The van der Waals surface area contributed by atoms with Crippen molar-refractivity contribution >= 4 is 34.1 Å². The highest BCUT2D eigenvalue weighted by Crippen LogP contribution is 2.33. The standard InChI is InChI=1S/C26H21ClN2O3/c1-2-22(30)24-23(17-6-4-3-5-7-17)21-14-19(27)12-13-20(21)26(32)29(24)15-16-8-10-18(11-9-16)25(28)31/h3-14H,2,15H2,1H3,(H2,28,31). The van der Waals surface area contributed by atoms with Crippen molar-refractivity contribution in [2.45, 2.75) is 19.9 Å². The van der Waals surface area contributed by atoms with E-state index >= 15 is 0 Å². The van der Waals surface area contributed by atoms with E-state index in [-0.39, 0.29) is 24.3 Å². The smallest absolute Gasteiger partial charge is 0.259 e. The Morgan fingerprint density at radius 3 is 2.25 bits per heavy atom. The Kier molecular flexibility index (Phi) is 5.93. The molecule has 3 aromatic carbocycles. The fraction of sp³-hybridized carbons (Fsp3) is 0.115. The Morgan fingerprint density at radius 1 is 0.938 bits per heavy atom. The third-order valence-electron chi connectivity index (χ3n) is 5.46. The minimum absolute atomic E-state index is 0.142. The average molecular weight is 445 g/mol. The molecule has 5 nitrogen and oxygen atoms in total. The summed E-state index contributed by atoms with van der Waals surface area (Å²) in [5.41, 5.74) is 8.07. The van der Waals surface area contributed by atoms with Crippen molar-refractivity contribution in [2.75, 3.05) is 0 Å². The van der Waals surface area contributed by atoms with Gasteiger partial charge in [-0.15, -0.1) is 0 Å². The number of hydrogen-bond acceptors (Lipinski definition) is 3. The van der Waals surface area contributed by atoms with Gasteiger partial charge in [-0.2, -0.15) is 0 Å². The van der Waals surface area contributed by atoms with Crippen molar-refractivity contribution in [2.24, 2.45) is 5.73 Å². The molecule has 0 saturated carbocycles. The first kappa shape index (κ1) is 21.5. The van der Waals surface area contributed by atoms with Gasteiger partial charge in [0, 0.05) is 28.0 Å². The molecule has 0 atom stereocenters. The van der Waals surface area contributed by atoms with Gasteiger partial charge in [0.1, 0.15) is 0 Å². The van der Waals surface area contributed by atoms with Gasteiger partial charge in [-0.3, -0.25) is 19.0 Å². The molecule has 4 rings (SSSR count). The zero-order valence-corrected chi connectivity index (χ0v) is 18.2. The van der Waals surface area contributed by atoms with Crippen LogP contribution in [0.25, 0.3) is 21.9 Å². The molecular weight excluding hydrogens is 424 g/mol. The Bertz CT molecular complexity index is 1390. The first-order chi connectivity index (χ1) is 15.4. The number of benzene rings is 3. The molecule has 0 bridgehead atoms. The highest BCUT2D eigenvalue weighted by molar-refractivity contribution is 6.31. The summed E-state index contributed by atoms with van der Waals surface area (Å²) >= 11 is 6.27. The van der Waals surface area contributed by atoms with E-state index < -0.39 is 5.91 Å². The van der Waals surface area contributed by atoms with Crippen LogP contribution in [-0.2, 0) is 6.54 Å². The van der Waals surface area contributed by atoms with Crippen molar-refractivity contribution in [3.05, 3.63) is 105 Å². The van der Waals surface area contributed by atoms with Crippen molar-refractivity contribution in [3.8, 4) is 11.1 Å². The Balaban J connectivity index is 2.05. The second-order valence-electron chi connectivity index (χ2n) is 7.51. The molecular formula is C26H21ClN2O3. The topological polar surface area (TPSA) is 82.2 Å². The first-order valence-corrected chi connectivity index (χ1v) is 10.6. The van der Waals surface area contributed by atoms with Crippen molar-refractivity contribution < 1.29 is 9.59 Å². The molecule has 1 amide bonds. The fourth-order valence-corrected chi connectivity index (χ4v) is 4.05. The van der Waals surface area contributed by atoms with Gasteiger partial charge in [0.2, 0.25) is 5.91 Å². The zero-order valence-electron chi connectivity index (χ0n) is 17.5. The third-order valence-corrected chi connectivity index (χ3v) is 5.70. The zero-order chi connectivity index (χ0) is 22.8. The Labute approximate surface area is 190 Å². The average Bonchev–Trinajstić information content (AvgIpc) is 2.80. The van der Waals surface area contributed by atoms with Crippen molar-refractivity contribution in [1.29, 1.82) is 0 Å². The molecule has 160 valence electrons. The minimum Gasteiger partial charge on any atom is -0.366 e. The molecule has 0 saturated heterocycles. The molecule has 1 aromatic heterocycles. The molecule has 1 heterocycles. The predicted octanol–water partition coefficient (Wildman–Crippen LogP) is 5.06. The van der Waals surface area contributed by atoms with Gasteiger partial charge in [0.15, 0.2) is 5.78 Å². The summed E-state index contributed by atoms with van der Waals surface area (Å²) < 4.78 is 1.52. The summed E-state index contributed by atoms with van der Waals surface area (Å²) in [6, 6.07) is 21.3. The molecule has 0 fully saturated rings. The maximum atomic E-state index is 13.5. The lowest BCUT2D eigenvalue weighted by molar-refractivity contribution is 0.0976. The number of rotatable bonds is 6. The molecule has 0 aliphatic rings. The summed E-state index contributed by atoms with van der Waals surface area (Å²) in [5, 5.41) is 1.62. The number of carbonyl (C=O) groups is 2. The van der Waals surface area contributed by atoms with Gasteiger partial charge >= 0.3 is 0 Å². The second kappa shape index (κ2) is 8.81. The number of pyridine rings is 1. The SMILES string of the molecule is CCC(=O)c1c(-c2ccccc2)c2cc(Cl)ccc2c(=O)n1Cc1ccc(C(N)=O)cc1. The normalized spacial score (nSPS) is 10.9. The monoisotopic (exact) mass is 444 g/mol. The van der Waals surface area contributed by atoms with Crippen molar-refractivity contribution in [1.82, 2.24) is 4.57 Å². The van der Waals surface area contributed by atoms with E-state index in [0.717, 1.165) is 11.1 Å². The number of halogens is 1. The maximum Gasteiger partial charge on any atom is 0.259 e. The number of nitrogens with zero attached hydrogens (tertiary/aromatic N) is 1. The number of carbonyl (C=O) groups excluding carboxylic acids is 2. The van der Waals surface area contributed by atoms with E-state index in [1.165, 1.54) is 4.57 Å². The fourth-order valence-electron chi connectivity index (χ4n) is 3.88. The summed E-state index contributed by atoms with van der Waals surface area (Å²) in [6.45, 7) is 1.95. The van der Waals surface area contributed by atoms with Crippen LogP contribution in [0.1, 0.15) is 39.8 Å². The number of aromatic nitrogens is 1. The van der Waals surface area contributed by atoms with Gasteiger partial charge in [-0.05, 0) is 46.8 Å². The van der Waals surface area contributed by atoms with Gasteiger partial charge in [-0.25, -0.2) is 0 Å². The first-order valence-electron chi connectivity index (χ1n) is 10.2. The lowest BCUT2D eigenvalue weighted by Crippen LogP contribution is -2.28. The van der Waals surface area contributed by atoms with Gasteiger partial charge in [0.25, 0.3) is 5.56 Å². The summed E-state index contributed by atoms with van der Waals surface area (Å²) in [4.78, 5) is 38.1. The number of Topliss-reactive ketones (excluding diaryl/α,β-unsaturated/α-hetero) is 1. The summed E-state index contributed by atoms with van der Waals surface area (Å²) in [5.74, 6) is -0.666. The molecule has 0 radical (unpaired) electrons. The largest absolute Gasteiger partial charge is 0.366 e. The molecule has 0 aliphatic heterocycles. The van der Waals surface area contributed by atoms with Gasteiger partial charge in [-0.1, -0.05) is 61.0 Å². The molecule has 2 N–H and O–H groups in total. The van der Waals surface area contributed by atoms with Crippen molar-refractivity contribution in [3.63, 3.8) is 0 Å². The van der Waals surface area contributed by atoms with E-state index in [1.807, 2.05) is 30.3 Å². The van der Waals surface area contributed by atoms with Crippen LogP contribution in [0.15, 0.2) is 77.6 Å². The maximum absolute atomic E-state index is 13.5. The highest BCUT2D eigenvalue weighted by atomic mass is 35.5. The number of fused-ring (bicyclic) bond motifs is 1. The van der Waals surface area contributed by atoms with E-state index in [0.29, 0.717) is 32.6 Å². The van der Waals surface area contributed by atoms with E-state index in [9.17, 15) is 14.4 Å². The van der Waals surface area contributed by atoms with Crippen LogP contribution >= 0.6 is 11.6 Å². The van der Waals surface area contributed by atoms with Crippen LogP contribution in [0.5, 0.6) is 0 Å². The molecule has 4 aromatic rings. The molecule has 0 unspecified atom stereocenters. The molecule has 32 heavy (non-hydrogen) atoms. The number of hydrogen-bond donors (Lipinski definition) is 1. The second-order valence-corrected chi connectivity index (χ2v) is 7.95. The Morgan fingerprint density at radius 2 is 1.62 bits per heavy atom. The van der Waals surface area contributed by atoms with Crippen LogP contribution in [0.3, 0.4) is 0 Å². The number of ketones is 1. The number of amides is 1. The number of primary amides is 1. The van der Waals surface area contributed by atoms with Crippen LogP contribution in [0.2, 0.25) is 5.02 Å². The van der Waals surface area contributed by atoms with Gasteiger partial charge in [0.05, 0.1) is 12.2 Å². The molecule has 0 spiro atoms. The lowest BCUT2D eigenvalue weighted by atomic mass is 9.94. The van der Waals surface area contributed by atoms with Crippen LogP contribution < -0.4 is 11.3 Å². The van der Waals surface area contributed by atoms with E-state index in [2.05, 4.69) is 0 Å². The van der Waals surface area contributed by atoms with Gasteiger partial charge < -0.3 is 5.73 Å². The van der Waals surface area contributed by atoms with Crippen LogP contribution in [-0.4, -0.2) is 16.3 Å². The third kappa shape index (κ3) is 3.95. The molecule has 6 heteroatoms. The lowest BCUT2D eigenvalue weighted by Gasteiger charge is -2.19. The quantitative estimate of drug-likeness (QED) is 0.422. The van der Waals surface area contributed by atoms with E-state index in [1.54, 1.807) is 49.4 Å².